The number of furan rings is 1. The average Bonchev–Trinajstić information content (AvgIpc) is 3.14. The van der Waals surface area contributed by atoms with E-state index in [2.05, 4.69) is 10.6 Å². The molecule has 26 heavy (non-hydrogen) atoms. The molecule has 0 aliphatic heterocycles. The highest BCUT2D eigenvalue weighted by molar-refractivity contribution is 5.83. The maximum Gasteiger partial charge on any atom is 0.220 e. The fourth-order valence-electron chi connectivity index (χ4n) is 3.52. The Hall–Kier alpha value is -1.78. The fraction of sp³-hybridized carbons (Fsp3) is 0.714. The molecule has 2 amide bonds. The molecule has 1 aromatic heterocycles. The Morgan fingerprint density at radius 2 is 1.46 bits per heavy atom. The maximum absolute atomic E-state index is 12.2. The highest BCUT2D eigenvalue weighted by atomic mass is 16.3. The van der Waals surface area contributed by atoms with Gasteiger partial charge in [0.1, 0.15) is 5.76 Å². The number of carbonyl (C=O) groups excluding carboxylic acids is 2. The topological polar surface area (TPSA) is 71.3 Å². The fourth-order valence-corrected chi connectivity index (χ4v) is 3.52. The molecule has 5 heteroatoms. The molecular weight excluding hydrogens is 328 g/mol. The monoisotopic (exact) mass is 362 g/mol. The summed E-state index contributed by atoms with van der Waals surface area (Å²) in [7, 11) is 0. The van der Waals surface area contributed by atoms with Crippen LogP contribution in [0.1, 0.15) is 89.2 Å². The minimum atomic E-state index is -0.116. The first-order valence-corrected chi connectivity index (χ1v) is 10.3. The Morgan fingerprint density at radius 1 is 0.885 bits per heavy atom. The number of amides is 2. The number of hydrogen-bond acceptors (Lipinski definition) is 3. The van der Waals surface area contributed by atoms with Crippen LogP contribution in [0.15, 0.2) is 22.8 Å². The van der Waals surface area contributed by atoms with Crippen molar-refractivity contribution in [1.82, 2.24) is 10.6 Å². The largest absolute Gasteiger partial charge is 0.467 e. The molecule has 0 bridgehead atoms. The van der Waals surface area contributed by atoms with Crippen molar-refractivity contribution in [3.8, 4) is 0 Å². The van der Waals surface area contributed by atoms with E-state index in [-0.39, 0.29) is 30.7 Å². The van der Waals surface area contributed by atoms with Gasteiger partial charge in [-0.2, -0.15) is 0 Å². The maximum atomic E-state index is 12.2. The van der Waals surface area contributed by atoms with E-state index < -0.39 is 0 Å². The van der Waals surface area contributed by atoms with Crippen LogP contribution in [-0.4, -0.2) is 17.9 Å². The zero-order valence-electron chi connectivity index (χ0n) is 15.9. The number of hydrogen-bond donors (Lipinski definition) is 2. The first kappa shape index (κ1) is 20.5. The second kappa shape index (κ2) is 12.6. The molecule has 0 unspecified atom stereocenters. The van der Waals surface area contributed by atoms with E-state index in [0.717, 1.165) is 18.6 Å². The third-order valence-electron chi connectivity index (χ3n) is 5.09. The molecule has 0 atom stereocenters. The van der Waals surface area contributed by atoms with Gasteiger partial charge in [0.25, 0.3) is 0 Å². The van der Waals surface area contributed by atoms with Gasteiger partial charge in [0.15, 0.2) is 0 Å². The summed E-state index contributed by atoms with van der Waals surface area (Å²) in [5.74, 6) is 0.599. The van der Waals surface area contributed by atoms with Crippen LogP contribution in [0.2, 0.25) is 0 Å². The lowest BCUT2D eigenvalue weighted by atomic mass is 9.98. The van der Waals surface area contributed by atoms with E-state index >= 15 is 0 Å². The van der Waals surface area contributed by atoms with Crippen LogP contribution in [0.25, 0.3) is 0 Å². The van der Waals surface area contributed by atoms with Crippen molar-refractivity contribution in [2.75, 3.05) is 0 Å². The summed E-state index contributed by atoms with van der Waals surface area (Å²) in [4.78, 5) is 24.1. The summed E-state index contributed by atoms with van der Waals surface area (Å²) >= 11 is 0. The average molecular weight is 363 g/mol. The molecule has 1 aliphatic carbocycles. The Kier molecular flexibility index (Phi) is 9.91. The van der Waals surface area contributed by atoms with Crippen molar-refractivity contribution in [2.45, 2.75) is 96.1 Å². The Morgan fingerprint density at radius 3 is 2.04 bits per heavy atom. The molecule has 1 fully saturated rings. The van der Waals surface area contributed by atoms with Crippen LogP contribution in [-0.2, 0) is 16.1 Å². The van der Waals surface area contributed by atoms with Gasteiger partial charge in [-0.3, -0.25) is 9.59 Å². The molecule has 0 aromatic carbocycles. The number of nitrogens with one attached hydrogen (secondary N) is 2. The van der Waals surface area contributed by atoms with Crippen LogP contribution in [0.4, 0.5) is 0 Å². The van der Waals surface area contributed by atoms with E-state index in [9.17, 15) is 9.59 Å². The van der Waals surface area contributed by atoms with Gasteiger partial charge in [-0.1, -0.05) is 57.8 Å². The number of carbonyl (C=O) groups is 2. The van der Waals surface area contributed by atoms with Gasteiger partial charge in [0, 0.05) is 18.9 Å². The van der Waals surface area contributed by atoms with E-state index in [0.29, 0.717) is 6.54 Å². The summed E-state index contributed by atoms with van der Waals surface area (Å²) in [5.41, 5.74) is 0. The normalized spacial score (nSPS) is 17.7. The molecule has 2 N–H and O–H groups in total. The van der Waals surface area contributed by atoms with Gasteiger partial charge in [-0.05, 0) is 25.0 Å². The lowest BCUT2D eigenvalue weighted by Crippen LogP contribution is -2.35. The first-order chi connectivity index (χ1) is 12.7. The molecule has 2 rings (SSSR count). The van der Waals surface area contributed by atoms with Gasteiger partial charge in [0.05, 0.1) is 12.8 Å². The van der Waals surface area contributed by atoms with Crippen LogP contribution < -0.4 is 10.6 Å². The second-order valence-electron chi connectivity index (χ2n) is 7.38. The predicted molar refractivity (Wildman–Crippen MR) is 103 cm³/mol. The van der Waals surface area contributed by atoms with Crippen LogP contribution in [0.5, 0.6) is 0 Å². The Balaban J connectivity index is 1.64. The lowest BCUT2D eigenvalue weighted by Gasteiger charge is -2.19. The summed E-state index contributed by atoms with van der Waals surface area (Å²) in [6, 6.07) is 3.88. The first-order valence-electron chi connectivity index (χ1n) is 10.3. The van der Waals surface area contributed by atoms with Gasteiger partial charge < -0.3 is 15.1 Å². The van der Waals surface area contributed by atoms with Crippen molar-refractivity contribution in [1.29, 1.82) is 0 Å². The molecule has 0 saturated heterocycles. The molecule has 146 valence electrons. The molecule has 1 saturated carbocycles. The highest BCUT2D eigenvalue weighted by Crippen LogP contribution is 2.17. The minimum absolute atomic E-state index is 0.00440. The lowest BCUT2D eigenvalue weighted by molar-refractivity contribution is -0.127. The van der Waals surface area contributed by atoms with Crippen LogP contribution in [0, 0.1) is 0 Å². The van der Waals surface area contributed by atoms with Crippen molar-refractivity contribution < 1.29 is 14.0 Å². The van der Waals surface area contributed by atoms with Crippen molar-refractivity contribution in [2.24, 2.45) is 0 Å². The summed E-state index contributed by atoms with van der Waals surface area (Å²) < 4.78 is 5.17. The molecule has 0 radical (unpaired) electrons. The molecule has 0 spiro atoms. The Bertz CT molecular complexity index is 501. The predicted octanol–water partition coefficient (Wildman–Crippen LogP) is 4.47. The van der Waals surface area contributed by atoms with Crippen molar-refractivity contribution >= 4 is 11.8 Å². The molecule has 1 aliphatic rings. The molecular formula is C21H34N2O3. The van der Waals surface area contributed by atoms with Crippen LogP contribution >= 0.6 is 0 Å². The van der Waals surface area contributed by atoms with E-state index in [1.54, 1.807) is 12.3 Å². The SMILES string of the molecule is O=C(CCC(=O)NC1CCCCCCCCCCC1)NCc1ccco1. The zero-order valence-corrected chi connectivity index (χ0v) is 15.9. The van der Waals surface area contributed by atoms with E-state index in [1.165, 1.54) is 57.8 Å². The second-order valence-corrected chi connectivity index (χ2v) is 7.38. The van der Waals surface area contributed by atoms with E-state index in [1.807, 2.05) is 6.07 Å². The zero-order chi connectivity index (χ0) is 18.5. The van der Waals surface area contributed by atoms with Gasteiger partial charge in [0.2, 0.25) is 11.8 Å². The molecule has 5 nitrogen and oxygen atoms in total. The standard InChI is InChI=1S/C21H34N2O3/c24-20(22-17-19-13-10-16-26-19)14-15-21(25)23-18-11-8-6-4-2-1-3-5-7-9-12-18/h10,13,16,18H,1-9,11-12,14-15,17H2,(H,22,24)(H,23,25). The molecule has 1 heterocycles. The van der Waals surface area contributed by atoms with Crippen molar-refractivity contribution in [3.63, 3.8) is 0 Å². The van der Waals surface area contributed by atoms with Gasteiger partial charge >= 0.3 is 0 Å². The van der Waals surface area contributed by atoms with Gasteiger partial charge in [-0.25, -0.2) is 0 Å². The van der Waals surface area contributed by atoms with Crippen LogP contribution in [0.3, 0.4) is 0 Å². The smallest absolute Gasteiger partial charge is 0.220 e. The summed E-state index contributed by atoms with van der Waals surface area (Å²) in [6.07, 6.45) is 15.8. The Labute approximate surface area is 157 Å². The minimum Gasteiger partial charge on any atom is -0.467 e. The third kappa shape index (κ3) is 9.07. The summed E-state index contributed by atoms with van der Waals surface area (Å²) in [6.45, 7) is 0.371. The number of rotatable bonds is 6. The quantitative estimate of drug-likeness (QED) is 0.784. The third-order valence-corrected chi connectivity index (χ3v) is 5.09. The van der Waals surface area contributed by atoms with E-state index in [4.69, 9.17) is 4.42 Å². The highest BCUT2D eigenvalue weighted by Gasteiger charge is 2.14. The van der Waals surface area contributed by atoms with Gasteiger partial charge in [-0.15, -0.1) is 0 Å². The molecule has 1 aromatic rings. The summed E-state index contributed by atoms with van der Waals surface area (Å²) in [5, 5.41) is 5.94. The van der Waals surface area contributed by atoms with Crippen molar-refractivity contribution in [3.05, 3.63) is 24.2 Å².